The number of rotatable bonds is 4. The first-order valence-electron chi connectivity index (χ1n) is 6.65. The van der Waals surface area contributed by atoms with Crippen molar-refractivity contribution in [2.24, 2.45) is 11.8 Å². The summed E-state index contributed by atoms with van der Waals surface area (Å²) in [7, 11) is 0. The van der Waals surface area contributed by atoms with Crippen LogP contribution in [0.3, 0.4) is 0 Å². The summed E-state index contributed by atoms with van der Waals surface area (Å²) in [6, 6.07) is 2.62. The van der Waals surface area contributed by atoms with Crippen molar-refractivity contribution in [3.05, 3.63) is 23.9 Å². The molecule has 0 atom stereocenters. The van der Waals surface area contributed by atoms with Crippen LogP contribution in [-0.4, -0.2) is 27.9 Å². The van der Waals surface area contributed by atoms with E-state index in [0.717, 1.165) is 30.6 Å². The van der Waals surface area contributed by atoms with Crippen LogP contribution in [0.4, 0.5) is 5.82 Å². The molecule has 1 aromatic rings. The summed E-state index contributed by atoms with van der Waals surface area (Å²) in [4.78, 5) is 40.6. The van der Waals surface area contributed by atoms with E-state index in [1.54, 1.807) is 0 Å². The van der Waals surface area contributed by atoms with E-state index < -0.39 is 5.97 Å². The van der Waals surface area contributed by atoms with Gasteiger partial charge in [-0.2, -0.15) is 0 Å². The van der Waals surface area contributed by atoms with Crippen molar-refractivity contribution in [3.63, 3.8) is 0 Å². The smallest absolute Gasteiger partial charge is 0.335 e. The Hall–Kier alpha value is -2.24. The van der Waals surface area contributed by atoms with Gasteiger partial charge in [0, 0.05) is 18.0 Å². The van der Waals surface area contributed by atoms with E-state index in [9.17, 15) is 14.4 Å². The number of aromatic carboxylic acids is 1. The van der Waals surface area contributed by atoms with Crippen molar-refractivity contribution >= 4 is 23.6 Å². The lowest BCUT2D eigenvalue weighted by Crippen LogP contribution is -2.39. The molecular formula is C14H14N2O4. The Kier molecular flexibility index (Phi) is 3.00. The Morgan fingerprint density at radius 2 is 1.65 bits per heavy atom. The number of nitrogens with zero attached hydrogens (tertiary/aromatic N) is 2. The van der Waals surface area contributed by atoms with Gasteiger partial charge in [0.05, 0.1) is 5.56 Å². The predicted molar refractivity (Wildman–Crippen MR) is 69.1 cm³/mol. The Bertz CT molecular complexity index is 567. The molecular weight excluding hydrogens is 260 g/mol. The van der Waals surface area contributed by atoms with E-state index in [0.29, 0.717) is 0 Å². The summed E-state index contributed by atoms with van der Waals surface area (Å²) < 4.78 is 0. The van der Waals surface area contributed by atoms with Gasteiger partial charge in [-0.25, -0.2) is 14.7 Å². The zero-order valence-corrected chi connectivity index (χ0v) is 10.8. The summed E-state index contributed by atoms with van der Waals surface area (Å²) in [5.41, 5.74) is 0.0205. The number of amides is 2. The van der Waals surface area contributed by atoms with Gasteiger partial charge >= 0.3 is 5.97 Å². The van der Waals surface area contributed by atoms with Crippen LogP contribution in [0.1, 0.15) is 36.0 Å². The van der Waals surface area contributed by atoms with Gasteiger partial charge in [0.2, 0.25) is 11.8 Å². The Labute approximate surface area is 115 Å². The SMILES string of the molecule is O=C(O)c1ccnc(N(C(=O)C2CC2)C(=O)C2CC2)c1. The molecule has 6 heteroatoms. The van der Waals surface area contributed by atoms with Crippen molar-refractivity contribution in [3.8, 4) is 0 Å². The van der Waals surface area contributed by atoms with Crippen LogP contribution in [0.2, 0.25) is 0 Å². The van der Waals surface area contributed by atoms with Gasteiger partial charge < -0.3 is 5.11 Å². The van der Waals surface area contributed by atoms with Gasteiger partial charge in [-0.15, -0.1) is 0 Å². The van der Waals surface area contributed by atoms with Crippen molar-refractivity contribution in [2.45, 2.75) is 25.7 Å². The van der Waals surface area contributed by atoms with Gasteiger partial charge in [-0.1, -0.05) is 0 Å². The van der Waals surface area contributed by atoms with Gasteiger partial charge in [-0.05, 0) is 37.8 Å². The van der Waals surface area contributed by atoms with Crippen LogP contribution >= 0.6 is 0 Å². The van der Waals surface area contributed by atoms with E-state index >= 15 is 0 Å². The maximum atomic E-state index is 12.3. The fourth-order valence-corrected chi connectivity index (χ4v) is 2.03. The number of carboxylic acid groups (broad SMARTS) is 1. The van der Waals surface area contributed by atoms with Crippen molar-refractivity contribution in [2.75, 3.05) is 4.90 Å². The number of pyridine rings is 1. The highest BCUT2D eigenvalue weighted by Gasteiger charge is 2.42. The van der Waals surface area contributed by atoms with E-state index in [4.69, 9.17) is 5.11 Å². The number of hydrogen-bond donors (Lipinski definition) is 1. The molecule has 0 spiro atoms. The molecule has 2 fully saturated rings. The highest BCUT2D eigenvalue weighted by atomic mass is 16.4. The molecule has 104 valence electrons. The molecule has 0 aliphatic heterocycles. The summed E-state index contributed by atoms with van der Waals surface area (Å²) >= 11 is 0. The molecule has 20 heavy (non-hydrogen) atoms. The molecule has 0 radical (unpaired) electrons. The minimum Gasteiger partial charge on any atom is -0.478 e. The van der Waals surface area contributed by atoms with Crippen molar-refractivity contribution in [1.82, 2.24) is 4.98 Å². The summed E-state index contributed by atoms with van der Waals surface area (Å²) in [5.74, 6) is -1.72. The van der Waals surface area contributed by atoms with Gasteiger partial charge in [-0.3, -0.25) is 9.59 Å². The number of anilines is 1. The highest BCUT2D eigenvalue weighted by molar-refractivity contribution is 6.17. The largest absolute Gasteiger partial charge is 0.478 e. The normalized spacial score (nSPS) is 17.6. The molecule has 0 unspecified atom stereocenters. The molecule has 1 N–H and O–H groups in total. The Morgan fingerprint density at radius 1 is 1.10 bits per heavy atom. The fourth-order valence-electron chi connectivity index (χ4n) is 2.03. The zero-order valence-electron chi connectivity index (χ0n) is 10.8. The fraction of sp³-hybridized carbons (Fsp3) is 0.429. The molecule has 0 bridgehead atoms. The third-order valence-electron chi connectivity index (χ3n) is 3.52. The monoisotopic (exact) mass is 274 g/mol. The van der Waals surface area contributed by atoms with E-state index in [2.05, 4.69) is 4.98 Å². The lowest BCUT2D eigenvalue weighted by Gasteiger charge is -2.20. The second-order valence-electron chi connectivity index (χ2n) is 5.27. The lowest BCUT2D eigenvalue weighted by molar-refractivity contribution is -0.127. The van der Waals surface area contributed by atoms with E-state index in [-0.39, 0.29) is 35.0 Å². The Balaban J connectivity index is 1.95. The number of aromatic nitrogens is 1. The summed E-state index contributed by atoms with van der Waals surface area (Å²) in [6.07, 6.45) is 4.45. The molecule has 2 amide bonds. The van der Waals surface area contributed by atoms with Crippen LogP contribution in [0, 0.1) is 11.8 Å². The predicted octanol–water partition coefficient (Wildman–Crippen LogP) is 1.46. The quantitative estimate of drug-likeness (QED) is 0.840. The molecule has 3 rings (SSSR count). The minimum absolute atomic E-state index is 0.0205. The van der Waals surface area contributed by atoms with Crippen molar-refractivity contribution < 1.29 is 19.5 Å². The molecule has 2 aliphatic rings. The Morgan fingerprint density at radius 3 is 2.10 bits per heavy atom. The third kappa shape index (κ3) is 2.41. The molecule has 6 nitrogen and oxygen atoms in total. The summed E-state index contributed by atoms with van der Waals surface area (Å²) in [5, 5.41) is 9.00. The van der Waals surface area contributed by atoms with Crippen LogP contribution < -0.4 is 4.90 Å². The number of carboxylic acids is 1. The van der Waals surface area contributed by atoms with E-state index in [1.165, 1.54) is 18.3 Å². The van der Waals surface area contributed by atoms with Crippen LogP contribution in [-0.2, 0) is 9.59 Å². The molecule has 0 aromatic carbocycles. The second kappa shape index (κ2) is 4.70. The molecule has 1 heterocycles. The molecule has 0 saturated heterocycles. The third-order valence-corrected chi connectivity index (χ3v) is 3.52. The van der Waals surface area contributed by atoms with Crippen LogP contribution in [0.25, 0.3) is 0 Å². The zero-order chi connectivity index (χ0) is 14.3. The van der Waals surface area contributed by atoms with Crippen molar-refractivity contribution in [1.29, 1.82) is 0 Å². The topological polar surface area (TPSA) is 87.6 Å². The first-order valence-corrected chi connectivity index (χ1v) is 6.65. The number of carbonyl (C=O) groups excluding carboxylic acids is 2. The highest BCUT2D eigenvalue weighted by Crippen LogP contribution is 2.37. The standard InChI is InChI=1S/C14H14N2O4/c17-12(8-1-2-8)16(13(18)9-3-4-9)11-7-10(14(19)20)5-6-15-11/h5-9H,1-4H2,(H,19,20). The maximum Gasteiger partial charge on any atom is 0.335 e. The van der Waals surface area contributed by atoms with Gasteiger partial charge in [0.15, 0.2) is 0 Å². The average Bonchev–Trinajstić information content (AvgIpc) is 3.31. The summed E-state index contributed by atoms with van der Waals surface area (Å²) in [6.45, 7) is 0. The minimum atomic E-state index is -1.11. The number of imide groups is 1. The van der Waals surface area contributed by atoms with Gasteiger partial charge in [0.1, 0.15) is 5.82 Å². The number of hydrogen-bond acceptors (Lipinski definition) is 4. The van der Waals surface area contributed by atoms with E-state index in [1.807, 2.05) is 0 Å². The number of carbonyl (C=O) groups is 3. The van der Waals surface area contributed by atoms with Crippen LogP contribution in [0.5, 0.6) is 0 Å². The maximum absolute atomic E-state index is 12.3. The first-order chi connectivity index (χ1) is 9.58. The molecule has 2 saturated carbocycles. The lowest BCUT2D eigenvalue weighted by atomic mass is 10.2. The molecule has 1 aromatic heterocycles. The first kappa shape index (κ1) is 12.8. The van der Waals surface area contributed by atoms with Crippen LogP contribution in [0.15, 0.2) is 18.3 Å². The average molecular weight is 274 g/mol. The van der Waals surface area contributed by atoms with Gasteiger partial charge in [0.25, 0.3) is 0 Å². The second-order valence-corrected chi connectivity index (χ2v) is 5.27. The molecule has 2 aliphatic carbocycles.